The minimum absolute atomic E-state index is 0.224. The average molecular weight is 429 g/mol. The van der Waals surface area contributed by atoms with Crippen molar-refractivity contribution in [3.8, 4) is 5.75 Å². The molecule has 0 heterocycles. The van der Waals surface area contributed by atoms with Crippen molar-refractivity contribution in [1.82, 2.24) is 0 Å². The first kappa shape index (κ1) is 23.4. The second-order valence-electron chi connectivity index (χ2n) is 9.50. The first-order valence-corrected chi connectivity index (χ1v) is 11.8. The van der Waals surface area contributed by atoms with E-state index in [1.807, 2.05) is 0 Å². The van der Waals surface area contributed by atoms with Gasteiger partial charge in [0.1, 0.15) is 5.75 Å². The highest BCUT2D eigenvalue weighted by molar-refractivity contribution is 5.27. The lowest BCUT2D eigenvalue weighted by molar-refractivity contribution is -0.253. The predicted molar refractivity (Wildman–Crippen MR) is 112 cm³/mol. The fraction of sp³-hybridized carbons (Fsp3) is 0.760. The number of halogens is 4. The van der Waals surface area contributed by atoms with Crippen molar-refractivity contribution < 1.29 is 22.3 Å². The van der Waals surface area contributed by atoms with E-state index in [1.54, 1.807) is 12.1 Å². The Labute approximate surface area is 178 Å². The largest absolute Gasteiger partial charge is 0.461 e. The molecule has 0 N–H and O–H groups in total. The fourth-order valence-corrected chi connectivity index (χ4v) is 5.60. The van der Waals surface area contributed by atoms with Crippen molar-refractivity contribution in [2.24, 2.45) is 23.7 Å². The summed E-state index contributed by atoms with van der Waals surface area (Å²) in [6.07, 6.45) is 7.44. The van der Waals surface area contributed by atoms with E-state index in [0.29, 0.717) is 0 Å². The molecular formula is C25H36F4O. The summed E-state index contributed by atoms with van der Waals surface area (Å²) in [4.78, 5) is 0. The van der Waals surface area contributed by atoms with Gasteiger partial charge >= 0.3 is 12.5 Å². The maximum Gasteiger partial charge on any atom is 0.461 e. The standard InChI is InChI=1S/C25H36F4O/c1-2-3-18-6-12-21(13-7-18)22-14-8-19(9-15-22)4-5-20-10-16-23(17-11-20)30-25(28,29)24(26)27/h10-11,16-19,21-22,24H,2-9,12-15H2,1H3/t18-,19?,21-,22?. The maximum atomic E-state index is 13.0. The first-order chi connectivity index (χ1) is 14.4. The Kier molecular flexibility index (Phi) is 8.47. The molecule has 170 valence electrons. The molecule has 2 aliphatic carbocycles. The van der Waals surface area contributed by atoms with Crippen LogP contribution < -0.4 is 4.74 Å². The number of alkyl halides is 4. The average Bonchev–Trinajstić information content (AvgIpc) is 2.74. The first-order valence-electron chi connectivity index (χ1n) is 11.8. The zero-order valence-corrected chi connectivity index (χ0v) is 18.1. The highest BCUT2D eigenvalue weighted by atomic mass is 19.3. The summed E-state index contributed by atoms with van der Waals surface area (Å²) < 4.78 is 54.5. The molecule has 1 aromatic rings. The summed E-state index contributed by atoms with van der Waals surface area (Å²) in [6, 6.07) is 6.13. The number of hydrogen-bond acceptors (Lipinski definition) is 1. The van der Waals surface area contributed by atoms with E-state index in [9.17, 15) is 17.6 Å². The van der Waals surface area contributed by atoms with Crippen LogP contribution in [-0.4, -0.2) is 12.5 Å². The van der Waals surface area contributed by atoms with Gasteiger partial charge in [0.25, 0.3) is 0 Å². The zero-order chi connectivity index (χ0) is 21.6. The topological polar surface area (TPSA) is 9.23 Å². The molecule has 2 saturated carbocycles. The Morgan fingerprint density at radius 2 is 1.33 bits per heavy atom. The molecule has 0 unspecified atom stereocenters. The van der Waals surface area contributed by atoms with Crippen LogP contribution in [0.4, 0.5) is 17.6 Å². The number of benzene rings is 1. The molecule has 0 amide bonds. The Morgan fingerprint density at radius 1 is 0.833 bits per heavy atom. The molecule has 0 radical (unpaired) electrons. The molecule has 0 spiro atoms. The van der Waals surface area contributed by atoms with Crippen molar-refractivity contribution >= 4 is 0 Å². The number of rotatable bonds is 9. The van der Waals surface area contributed by atoms with E-state index in [0.717, 1.165) is 42.1 Å². The Balaban J connectivity index is 1.37. The second kappa shape index (κ2) is 10.9. The molecule has 0 atom stereocenters. The van der Waals surface area contributed by atoms with Crippen LogP contribution >= 0.6 is 0 Å². The van der Waals surface area contributed by atoms with Gasteiger partial charge in [0.2, 0.25) is 0 Å². The van der Waals surface area contributed by atoms with Gasteiger partial charge in [0.15, 0.2) is 0 Å². The van der Waals surface area contributed by atoms with Gasteiger partial charge in [-0.25, -0.2) is 0 Å². The molecule has 1 aromatic carbocycles. The van der Waals surface area contributed by atoms with Crippen LogP contribution in [0.2, 0.25) is 0 Å². The van der Waals surface area contributed by atoms with Gasteiger partial charge in [-0.1, -0.05) is 57.6 Å². The van der Waals surface area contributed by atoms with Crippen LogP contribution in [0.5, 0.6) is 5.75 Å². The molecule has 1 nitrogen and oxygen atoms in total. The lowest BCUT2D eigenvalue weighted by Gasteiger charge is -2.38. The number of ether oxygens (including phenoxy) is 1. The molecule has 0 bridgehead atoms. The van der Waals surface area contributed by atoms with Crippen molar-refractivity contribution in [2.45, 2.75) is 96.5 Å². The van der Waals surface area contributed by atoms with E-state index < -0.39 is 12.5 Å². The van der Waals surface area contributed by atoms with Gasteiger partial charge in [-0.2, -0.15) is 17.6 Å². The van der Waals surface area contributed by atoms with Gasteiger partial charge in [0, 0.05) is 0 Å². The summed E-state index contributed by atoms with van der Waals surface area (Å²) >= 11 is 0. The summed E-state index contributed by atoms with van der Waals surface area (Å²) in [5.74, 6) is 3.34. The Hall–Kier alpha value is -1.26. The van der Waals surface area contributed by atoms with E-state index in [4.69, 9.17) is 0 Å². The molecule has 2 aliphatic rings. The minimum Gasteiger partial charge on any atom is -0.428 e. The van der Waals surface area contributed by atoms with Crippen LogP contribution in [0.15, 0.2) is 24.3 Å². The summed E-state index contributed by atoms with van der Waals surface area (Å²) in [6.45, 7) is 2.29. The van der Waals surface area contributed by atoms with E-state index in [2.05, 4.69) is 11.7 Å². The van der Waals surface area contributed by atoms with E-state index in [-0.39, 0.29) is 5.75 Å². The van der Waals surface area contributed by atoms with Gasteiger partial charge < -0.3 is 4.74 Å². The monoisotopic (exact) mass is 428 g/mol. The van der Waals surface area contributed by atoms with Gasteiger partial charge in [0.05, 0.1) is 0 Å². The van der Waals surface area contributed by atoms with Gasteiger partial charge in [-0.15, -0.1) is 0 Å². The lowest BCUT2D eigenvalue weighted by atomic mass is 9.68. The third-order valence-corrected chi connectivity index (χ3v) is 7.42. The highest BCUT2D eigenvalue weighted by Gasteiger charge is 2.43. The normalized spacial score (nSPS) is 27.9. The summed E-state index contributed by atoms with van der Waals surface area (Å²) in [5.41, 5.74) is 1.04. The SMILES string of the molecule is CCC[C@H]1CC[C@H](C2CCC(CCc3ccc(OC(F)(F)C(F)F)cc3)CC2)CC1. The van der Waals surface area contributed by atoms with Crippen molar-refractivity contribution in [2.75, 3.05) is 0 Å². The molecule has 5 heteroatoms. The Morgan fingerprint density at radius 3 is 1.80 bits per heavy atom. The van der Waals surface area contributed by atoms with Crippen LogP contribution in [0, 0.1) is 23.7 Å². The van der Waals surface area contributed by atoms with Crippen LogP contribution in [0.25, 0.3) is 0 Å². The smallest absolute Gasteiger partial charge is 0.428 e. The van der Waals surface area contributed by atoms with Crippen LogP contribution in [0.3, 0.4) is 0 Å². The van der Waals surface area contributed by atoms with Crippen LogP contribution in [-0.2, 0) is 6.42 Å². The third-order valence-electron chi connectivity index (χ3n) is 7.42. The molecular weight excluding hydrogens is 392 g/mol. The minimum atomic E-state index is -4.45. The third kappa shape index (κ3) is 6.62. The quantitative estimate of drug-likeness (QED) is 0.360. The number of hydrogen-bond donors (Lipinski definition) is 0. The number of aryl methyl sites for hydroxylation is 1. The summed E-state index contributed by atoms with van der Waals surface area (Å²) in [7, 11) is 0. The molecule has 2 fully saturated rings. The van der Waals surface area contributed by atoms with Crippen LogP contribution in [0.1, 0.15) is 83.1 Å². The highest BCUT2D eigenvalue weighted by Crippen LogP contribution is 2.43. The molecule has 0 aliphatic heterocycles. The van der Waals surface area contributed by atoms with Crippen molar-refractivity contribution in [1.29, 1.82) is 0 Å². The van der Waals surface area contributed by atoms with Gasteiger partial charge in [-0.3, -0.25) is 0 Å². The molecule has 0 aromatic heterocycles. The zero-order valence-electron chi connectivity index (χ0n) is 18.1. The molecule has 0 saturated heterocycles. The second-order valence-corrected chi connectivity index (χ2v) is 9.50. The molecule has 30 heavy (non-hydrogen) atoms. The van der Waals surface area contributed by atoms with Crippen molar-refractivity contribution in [3.05, 3.63) is 29.8 Å². The van der Waals surface area contributed by atoms with Crippen molar-refractivity contribution in [3.63, 3.8) is 0 Å². The van der Waals surface area contributed by atoms with E-state index >= 15 is 0 Å². The van der Waals surface area contributed by atoms with Gasteiger partial charge in [-0.05, 0) is 79.9 Å². The molecule has 3 rings (SSSR count). The fourth-order valence-electron chi connectivity index (χ4n) is 5.60. The Bertz CT molecular complexity index is 615. The summed E-state index contributed by atoms with van der Waals surface area (Å²) in [5, 5.41) is 0. The predicted octanol–water partition coefficient (Wildman–Crippen LogP) is 8.27. The maximum absolute atomic E-state index is 13.0. The lowest BCUT2D eigenvalue weighted by Crippen LogP contribution is -2.33. The van der Waals surface area contributed by atoms with E-state index in [1.165, 1.54) is 76.3 Å².